The Morgan fingerprint density at radius 2 is 1.61 bits per heavy atom. The summed E-state index contributed by atoms with van der Waals surface area (Å²) in [5, 5.41) is 5.55. The lowest BCUT2D eigenvalue weighted by Crippen LogP contribution is -2.51. The van der Waals surface area contributed by atoms with Crippen LogP contribution in [0.4, 0.5) is 32.3 Å². The molecule has 2 aliphatic heterocycles. The van der Waals surface area contributed by atoms with Crippen molar-refractivity contribution in [2.45, 2.75) is 31.2 Å². The third-order valence-corrected chi connectivity index (χ3v) is 7.85. The van der Waals surface area contributed by atoms with Gasteiger partial charge >= 0.3 is 12.4 Å². The van der Waals surface area contributed by atoms with Crippen molar-refractivity contribution in [2.24, 2.45) is 0 Å². The Morgan fingerprint density at radius 3 is 2.19 bits per heavy atom. The molecule has 36 heavy (non-hydrogen) atoms. The second-order valence-corrected chi connectivity index (χ2v) is 10.3. The molecule has 0 bridgehead atoms. The number of sulfonamides is 1. The summed E-state index contributed by atoms with van der Waals surface area (Å²) in [6, 6.07) is -0.0726. The molecule has 0 aromatic carbocycles. The van der Waals surface area contributed by atoms with Gasteiger partial charge in [-0.25, -0.2) is 23.5 Å². The molecular weight excluding hydrogens is 520 g/mol. The summed E-state index contributed by atoms with van der Waals surface area (Å²) >= 11 is 0. The Kier molecular flexibility index (Phi) is 7.00. The summed E-state index contributed by atoms with van der Waals surface area (Å²) in [7, 11) is -3.86. The monoisotopic (exact) mass is 541 g/mol. The lowest BCUT2D eigenvalue weighted by molar-refractivity contribution is -0.139. The lowest BCUT2D eigenvalue weighted by atomic mass is 10.1. The minimum Gasteiger partial charge on any atom is -0.338 e. The highest BCUT2D eigenvalue weighted by Gasteiger charge is 2.38. The molecule has 1 unspecified atom stereocenters. The normalized spacial score (nSPS) is 20.7. The molecule has 0 saturated carbocycles. The summed E-state index contributed by atoms with van der Waals surface area (Å²) in [6.45, 7) is 0.654. The van der Waals surface area contributed by atoms with Crippen molar-refractivity contribution in [3.63, 3.8) is 0 Å². The van der Waals surface area contributed by atoms with Crippen LogP contribution in [0.25, 0.3) is 0 Å². The molecule has 10 nitrogen and oxygen atoms in total. The van der Waals surface area contributed by atoms with Crippen LogP contribution in [0.5, 0.6) is 0 Å². The summed E-state index contributed by atoms with van der Waals surface area (Å²) in [5.41, 5.74) is -3.84. The first-order valence-electron chi connectivity index (χ1n) is 10.8. The van der Waals surface area contributed by atoms with Crippen LogP contribution in [-0.2, 0) is 22.4 Å². The first-order chi connectivity index (χ1) is 16.8. The molecule has 2 aromatic rings. The number of nitrogens with one attached hydrogen (secondary N) is 1. The van der Waals surface area contributed by atoms with Crippen LogP contribution >= 0.6 is 0 Å². The molecule has 0 radical (unpaired) electrons. The van der Waals surface area contributed by atoms with Crippen molar-refractivity contribution in [2.75, 3.05) is 43.5 Å². The largest absolute Gasteiger partial charge is 0.421 e. The van der Waals surface area contributed by atoms with Crippen molar-refractivity contribution < 1.29 is 34.8 Å². The van der Waals surface area contributed by atoms with Gasteiger partial charge in [-0.1, -0.05) is 0 Å². The molecular formula is C19H21F6N7O3S. The van der Waals surface area contributed by atoms with Crippen molar-refractivity contribution in [1.82, 2.24) is 29.4 Å². The van der Waals surface area contributed by atoms with Gasteiger partial charge in [0.1, 0.15) is 11.4 Å². The molecule has 2 saturated heterocycles. The Hall–Kier alpha value is -2.79. The van der Waals surface area contributed by atoms with E-state index in [0.717, 1.165) is 0 Å². The van der Waals surface area contributed by atoms with E-state index in [9.17, 15) is 39.6 Å². The van der Waals surface area contributed by atoms with Crippen LogP contribution in [0.2, 0.25) is 0 Å². The number of alkyl halides is 6. The Morgan fingerprint density at radius 1 is 0.972 bits per heavy atom. The molecule has 4 heterocycles. The van der Waals surface area contributed by atoms with Gasteiger partial charge in [0.25, 0.3) is 5.56 Å². The van der Waals surface area contributed by atoms with E-state index in [2.05, 4.69) is 15.1 Å². The zero-order valence-electron chi connectivity index (χ0n) is 18.6. The minimum atomic E-state index is -4.88. The molecule has 2 fully saturated rings. The van der Waals surface area contributed by atoms with Gasteiger partial charge in [-0.15, -0.1) is 0 Å². The molecule has 4 rings (SSSR count). The molecule has 2 aromatic heterocycles. The number of nitrogens with zero attached hydrogens (tertiary/aromatic N) is 6. The van der Waals surface area contributed by atoms with Gasteiger partial charge in [0.2, 0.25) is 16.0 Å². The van der Waals surface area contributed by atoms with Gasteiger partial charge in [0.15, 0.2) is 0 Å². The maximum atomic E-state index is 13.1. The number of aromatic nitrogens is 4. The fraction of sp³-hybridized carbons (Fsp3) is 0.579. The van der Waals surface area contributed by atoms with Crippen molar-refractivity contribution in [3.8, 4) is 0 Å². The summed E-state index contributed by atoms with van der Waals surface area (Å²) in [5.74, 6) is -0.416. The van der Waals surface area contributed by atoms with Crippen molar-refractivity contribution in [1.29, 1.82) is 0 Å². The number of H-pyrrole nitrogens is 1. The molecule has 1 atom stereocenters. The first-order valence-corrected chi connectivity index (χ1v) is 12.4. The Labute approximate surface area is 201 Å². The van der Waals surface area contributed by atoms with Crippen molar-refractivity contribution in [3.05, 3.63) is 45.6 Å². The van der Waals surface area contributed by atoms with E-state index in [1.165, 1.54) is 9.21 Å². The number of piperazine rings is 1. The number of halogens is 6. The topological polar surface area (TPSA) is 115 Å². The molecule has 0 aliphatic carbocycles. The molecule has 0 spiro atoms. The molecule has 2 aliphatic rings. The van der Waals surface area contributed by atoms with Crippen LogP contribution in [0.1, 0.15) is 35.7 Å². The fourth-order valence-electron chi connectivity index (χ4n) is 4.21. The van der Waals surface area contributed by atoms with Crippen LogP contribution in [0.15, 0.2) is 23.3 Å². The number of anilines is 1. The zero-order chi connectivity index (χ0) is 26.3. The smallest absolute Gasteiger partial charge is 0.338 e. The Bertz CT molecular complexity index is 1240. The van der Waals surface area contributed by atoms with E-state index in [-0.39, 0.29) is 37.8 Å². The third-order valence-electron chi connectivity index (χ3n) is 6.04. The zero-order valence-corrected chi connectivity index (χ0v) is 19.4. The van der Waals surface area contributed by atoms with E-state index < -0.39 is 51.0 Å². The van der Waals surface area contributed by atoms with Gasteiger partial charge in [0.05, 0.1) is 17.3 Å². The van der Waals surface area contributed by atoms with E-state index >= 15 is 0 Å². The van der Waals surface area contributed by atoms with Crippen LogP contribution in [0.3, 0.4) is 0 Å². The molecule has 198 valence electrons. The average molecular weight is 541 g/mol. The number of hydrogen-bond donors (Lipinski definition) is 1. The first kappa shape index (κ1) is 26.3. The number of rotatable bonds is 5. The summed E-state index contributed by atoms with van der Waals surface area (Å²) in [6.07, 6.45) is -7.23. The van der Waals surface area contributed by atoms with Gasteiger partial charge in [0, 0.05) is 38.6 Å². The highest BCUT2D eigenvalue weighted by molar-refractivity contribution is 7.89. The second kappa shape index (κ2) is 9.59. The second-order valence-electron chi connectivity index (χ2n) is 8.40. The number of hydrogen-bond acceptors (Lipinski definition) is 8. The molecule has 1 N–H and O–H groups in total. The van der Waals surface area contributed by atoms with Gasteiger partial charge in [-0.2, -0.15) is 35.7 Å². The van der Waals surface area contributed by atoms with E-state index in [4.69, 9.17) is 0 Å². The fourth-order valence-corrected chi connectivity index (χ4v) is 5.82. The van der Waals surface area contributed by atoms with Gasteiger partial charge in [-0.05, 0) is 25.5 Å². The predicted molar refractivity (Wildman–Crippen MR) is 113 cm³/mol. The van der Waals surface area contributed by atoms with Gasteiger partial charge in [-0.3, -0.25) is 9.69 Å². The van der Waals surface area contributed by atoms with Crippen molar-refractivity contribution >= 4 is 16.0 Å². The SMILES string of the molecule is O=c1[nH]nc(C2CCCN2CS(=O)(=O)N2CCN(c3ncc(C(F)(F)F)cn3)CC2)cc1C(F)(F)F. The predicted octanol–water partition coefficient (Wildman–Crippen LogP) is 1.84. The third kappa shape index (κ3) is 5.62. The average Bonchev–Trinajstić information content (AvgIpc) is 3.25. The molecule has 0 amide bonds. The maximum absolute atomic E-state index is 13.1. The van der Waals surface area contributed by atoms with E-state index in [0.29, 0.717) is 37.8 Å². The summed E-state index contributed by atoms with van der Waals surface area (Å²) in [4.78, 5) is 22.0. The van der Waals surface area contributed by atoms with E-state index in [1.54, 1.807) is 4.90 Å². The van der Waals surface area contributed by atoms with Crippen LogP contribution in [0, 0.1) is 0 Å². The number of aromatic amines is 1. The Balaban J connectivity index is 1.41. The van der Waals surface area contributed by atoms with E-state index in [1.807, 2.05) is 5.10 Å². The standard InChI is InChI=1S/C19H21F6N7O3S/c20-18(21,22)12-9-26-17(27-10-12)30-4-6-32(7-5-30)36(34,35)11-31-3-1-2-15(31)14-8-13(19(23,24)25)16(33)29-28-14/h8-10,15H,1-7,11H2,(H,29,33). The number of likely N-dealkylation sites (tertiary alicyclic amines) is 1. The highest BCUT2D eigenvalue weighted by atomic mass is 32.2. The molecule has 17 heteroatoms. The highest BCUT2D eigenvalue weighted by Crippen LogP contribution is 2.34. The maximum Gasteiger partial charge on any atom is 0.421 e. The van der Waals surface area contributed by atoms with Gasteiger partial charge < -0.3 is 4.90 Å². The summed E-state index contributed by atoms with van der Waals surface area (Å²) < 4.78 is 105. The van der Waals surface area contributed by atoms with Crippen LogP contribution < -0.4 is 10.5 Å². The minimum absolute atomic E-state index is 0.0281. The lowest BCUT2D eigenvalue weighted by Gasteiger charge is -2.35. The van der Waals surface area contributed by atoms with Crippen LogP contribution in [-0.4, -0.2) is 76.4 Å². The quantitative estimate of drug-likeness (QED) is 0.571.